The van der Waals surface area contributed by atoms with Crippen LogP contribution in [0.3, 0.4) is 0 Å². The van der Waals surface area contributed by atoms with Crippen LogP contribution in [0.25, 0.3) is 0 Å². The second-order valence-electron chi connectivity index (χ2n) is 4.28. The molecule has 1 fully saturated rings. The second-order valence-corrected chi connectivity index (χ2v) is 4.28. The molecule has 0 aromatic rings. The van der Waals surface area contributed by atoms with Gasteiger partial charge in [0, 0.05) is 6.42 Å². The summed E-state index contributed by atoms with van der Waals surface area (Å²) in [5.41, 5.74) is 5.64. The molecule has 0 bridgehead atoms. The lowest BCUT2D eigenvalue weighted by molar-refractivity contribution is -0.137. The van der Waals surface area contributed by atoms with Crippen molar-refractivity contribution in [2.24, 2.45) is 11.7 Å². The van der Waals surface area contributed by atoms with E-state index in [1.165, 1.54) is 0 Å². The van der Waals surface area contributed by atoms with E-state index in [9.17, 15) is 14.4 Å². The molecule has 1 heterocycles. The van der Waals surface area contributed by atoms with Gasteiger partial charge in [-0.25, -0.2) is 0 Å². The minimum Gasteiger partial charge on any atom is -0.343 e. The van der Waals surface area contributed by atoms with E-state index in [-0.39, 0.29) is 24.2 Å². The fourth-order valence-electron chi connectivity index (χ4n) is 1.40. The number of amides is 3. The first-order valence-corrected chi connectivity index (χ1v) is 5.31. The zero-order valence-electron chi connectivity index (χ0n) is 9.45. The fraction of sp³-hybridized carbons (Fsp3) is 0.700. The number of hydrogen-bond donors (Lipinski definition) is 3. The van der Waals surface area contributed by atoms with Gasteiger partial charge >= 0.3 is 0 Å². The largest absolute Gasteiger partial charge is 0.343 e. The maximum Gasteiger partial charge on any atom is 0.249 e. The van der Waals surface area contributed by atoms with Crippen LogP contribution in [0.1, 0.15) is 26.7 Å². The first kappa shape index (κ1) is 12.6. The Morgan fingerprint density at radius 3 is 2.62 bits per heavy atom. The summed E-state index contributed by atoms with van der Waals surface area (Å²) >= 11 is 0. The first-order valence-electron chi connectivity index (χ1n) is 5.31. The van der Waals surface area contributed by atoms with E-state index in [2.05, 4.69) is 10.6 Å². The van der Waals surface area contributed by atoms with Crippen molar-refractivity contribution in [3.8, 4) is 0 Å². The Morgan fingerprint density at radius 2 is 2.12 bits per heavy atom. The van der Waals surface area contributed by atoms with Crippen molar-refractivity contribution in [3.63, 3.8) is 0 Å². The summed E-state index contributed by atoms with van der Waals surface area (Å²) in [7, 11) is 0. The second kappa shape index (κ2) is 5.07. The van der Waals surface area contributed by atoms with E-state index in [4.69, 9.17) is 5.73 Å². The molecule has 0 aromatic carbocycles. The molecule has 6 heteroatoms. The van der Waals surface area contributed by atoms with Crippen LogP contribution in [0.5, 0.6) is 0 Å². The Labute approximate surface area is 93.9 Å². The molecule has 90 valence electrons. The summed E-state index contributed by atoms with van der Waals surface area (Å²) < 4.78 is 0. The van der Waals surface area contributed by atoms with Crippen LogP contribution in [-0.2, 0) is 14.4 Å². The summed E-state index contributed by atoms with van der Waals surface area (Å²) in [4.78, 5) is 33.8. The Balaban J connectivity index is 2.51. The summed E-state index contributed by atoms with van der Waals surface area (Å²) in [6, 6.07) is -1.28. The van der Waals surface area contributed by atoms with Crippen molar-refractivity contribution in [3.05, 3.63) is 0 Å². The minimum absolute atomic E-state index is 0.00767. The molecule has 0 saturated carbocycles. The maximum atomic E-state index is 11.6. The molecule has 4 N–H and O–H groups in total. The average Bonchev–Trinajstić information content (AvgIpc) is 2.20. The highest BCUT2D eigenvalue weighted by atomic mass is 16.2. The van der Waals surface area contributed by atoms with Crippen LogP contribution in [0.2, 0.25) is 0 Å². The van der Waals surface area contributed by atoms with Gasteiger partial charge in [-0.15, -0.1) is 0 Å². The number of carbonyl (C=O) groups is 3. The zero-order valence-corrected chi connectivity index (χ0v) is 9.45. The Hall–Kier alpha value is -1.43. The van der Waals surface area contributed by atoms with Gasteiger partial charge < -0.3 is 11.1 Å². The SMILES string of the molecule is CC(C)C(N)C(=O)NC1CCC(=O)NC1=O. The van der Waals surface area contributed by atoms with Gasteiger partial charge in [0.1, 0.15) is 6.04 Å². The van der Waals surface area contributed by atoms with Gasteiger partial charge in [0.2, 0.25) is 17.7 Å². The van der Waals surface area contributed by atoms with Crippen molar-refractivity contribution >= 4 is 17.7 Å². The summed E-state index contributed by atoms with van der Waals surface area (Å²) in [5.74, 6) is -1.11. The lowest BCUT2D eigenvalue weighted by Gasteiger charge is -2.24. The summed E-state index contributed by atoms with van der Waals surface area (Å²) in [6.07, 6.45) is 0.578. The molecule has 1 aliphatic heterocycles. The van der Waals surface area contributed by atoms with Crippen LogP contribution in [-0.4, -0.2) is 29.8 Å². The quantitative estimate of drug-likeness (QED) is 0.532. The number of nitrogens with one attached hydrogen (secondary N) is 2. The molecule has 16 heavy (non-hydrogen) atoms. The molecule has 0 aromatic heterocycles. The normalized spacial score (nSPS) is 22.9. The third-order valence-electron chi connectivity index (χ3n) is 2.58. The molecule has 1 rings (SSSR count). The summed E-state index contributed by atoms with van der Waals surface area (Å²) in [6.45, 7) is 3.66. The van der Waals surface area contributed by atoms with Crippen molar-refractivity contribution in [1.29, 1.82) is 0 Å². The van der Waals surface area contributed by atoms with Gasteiger partial charge in [0.25, 0.3) is 0 Å². The minimum atomic E-state index is -0.644. The van der Waals surface area contributed by atoms with E-state index in [0.29, 0.717) is 6.42 Å². The molecular weight excluding hydrogens is 210 g/mol. The van der Waals surface area contributed by atoms with Gasteiger partial charge in [-0.1, -0.05) is 13.8 Å². The Morgan fingerprint density at radius 1 is 1.50 bits per heavy atom. The highest BCUT2D eigenvalue weighted by Crippen LogP contribution is 2.05. The lowest BCUT2D eigenvalue weighted by atomic mass is 10.0. The van der Waals surface area contributed by atoms with Crippen molar-refractivity contribution < 1.29 is 14.4 Å². The molecule has 1 aliphatic rings. The van der Waals surface area contributed by atoms with Crippen molar-refractivity contribution in [2.45, 2.75) is 38.8 Å². The molecule has 0 radical (unpaired) electrons. The number of hydrogen-bond acceptors (Lipinski definition) is 4. The molecule has 0 aliphatic carbocycles. The Bertz CT molecular complexity index is 314. The molecular formula is C10H17N3O3. The predicted molar refractivity (Wildman–Crippen MR) is 57.1 cm³/mol. The first-order chi connectivity index (χ1) is 7.41. The predicted octanol–water partition coefficient (Wildman–Crippen LogP) is -1.11. The smallest absolute Gasteiger partial charge is 0.249 e. The third-order valence-corrected chi connectivity index (χ3v) is 2.58. The maximum absolute atomic E-state index is 11.6. The number of imide groups is 1. The molecule has 2 unspecified atom stereocenters. The fourth-order valence-corrected chi connectivity index (χ4v) is 1.40. The van der Waals surface area contributed by atoms with Crippen LogP contribution in [0.15, 0.2) is 0 Å². The molecule has 0 spiro atoms. The van der Waals surface area contributed by atoms with Crippen LogP contribution < -0.4 is 16.4 Å². The average molecular weight is 227 g/mol. The molecule has 3 amide bonds. The van der Waals surface area contributed by atoms with E-state index in [1.54, 1.807) is 0 Å². The lowest BCUT2D eigenvalue weighted by Crippen LogP contribution is -2.56. The number of carbonyl (C=O) groups excluding carboxylic acids is 3. The van der Waals surface area contributed by atoms with E-state index in [1.807, 2.05) is 13.8 Å². The number of rotatable bonds is 3. The van der Waals surface area contributed by atoms with Gasteiger partial charge in [0.05, 0.1) is 6.04 Å². The Kier molecular flexibility index (Phi) is 4.00. The molecule has 1 saturated heterocycles. The van der Waals surface area contributed by atoms with E-state index < -0.39 is 18.0 Å². The standard InChI is InChI=1S/C10H17N3O3/c1-5(2)8(11)10(16)12-6-3-4-7(14)13-9(6)15/h5-6,8H,3-4,11H2,1-2H3,(H,12,16)(H,13,14,15). The zero-order chi connectivity index (χ0) is 12.3. The van der Waals surface area contributed by atoms with Crippen LogP contribution in [0, 0.1) is 5.92 Å². The van der Waals surface area contributed by atoms with E-state index in [0.717, 1.165) is 0 Å². The number of nitrogens with two attached hydrogens (primary N) is 1. The summed E-state index contributed by atoms with van der Waals surface area (Å²) in [5, 5.41) is 4.71. The topological polar surface area (TPSA) is 101 Å². The number of piperidine rings is 1. The van der Waals surface area contributed by atoms with Crippen LogP contribution in [0.4, 0.5) is 0 Å². The third kappa shape index (κ3) is 3.03. The monoisotopic (exact) mass is 227 g/mol. The highest BCUT2D eigenvalue weighted by molar-refractivity contribution is 6.01. The van der Waals surface area contributed by atoms with E-state index >= 15 is 0 Å². The van der Waals surface area contributed by atoms with Gasteiger partial charge in [-0.05, 0) is 12.3 Å². The van der Waals surface area contributed by atoms with Gasteiger partial charge in [-0.2, -0.15) is 0 Å². The van der Waals surface area contributed by atoms with Gasteiger partial charge in [0.15, 0.2) is 0 Å². The highest BCUT2D eigenvalue weighted by Gasteiger charge is 2.29. The van der Waals surface area contributed by atoms with Crippen LogP contribution >= 0.6 is 0 Å². The van der Waals surface area contributed by atoms with Gasteiger partial charge in [-0.3, -0.25) is 19.7 Å². The van der Waals surface area contributed by atoms with Crippen molar-refractivity contribution in [1.82, 2.24) is 10.6 Å². The molecule has 2 atom stereocenters. The molecule has 6 nitrogen and oxygen atoms in total. The van der Waals surface area contributed by atoms with Crippen molar-refractivity contribution in [2.75, 3.05) is 0 Å².